The van der Waals surface area contributed by atoms with Crippen LogP contribution in [0, 0.1) is 6.92 Å². The molecule has 0 saturated heterocycles. The highest BCUT2D eigenvalue weighted by Gasteiger charge is 2.14. The maximum atomic E-state index is 12.6. The van der Waals surface area contributed by atoms with Gasteiger partial charge in [-0.05, 0) is 30.7 Å². The number of nitrogens with one attached hydrogen (secondary N) is 1. The number of aromatic nitrogens is 2. The van der Waals surface area contributed by atoms with Crippen LogP contribution in [0.2, 0.25) is 15.1 Å². The van der Waals surface area contributed by atoms with E-state index in [-0.39, 0.29) is 17.0 Å². The van der Waals surface area contributed by atoms with Gasteiger partial charge in [-0.3, -0.25) is 14.2 Å². The summed E-state index contributed by atoms with van der Waals surface area (Å²) in [5.74, 6) is -0.00658. The average molecular weight is 427 g/mol. The molecule has 0 fully saturated rings. The van der Waals surface area contributed by atoms with Crippen molar-refractivity contribution in [1.29, 1.82) is 0 Å². The predicted octanol–water partition coefficient (Wildman–Crippen LogP) is 4.31. The smallest absolute Gasteiger partial charge is 0.261 e. The number of methoxy groups -OCH3 is 1. The van der Waals surface area contributed by atoms with E-state index in [2.05, 4.69) is 10.3 Å². The summed E-state index contributed by atoms with van der Waals surface area (Å²) in [6.45, 7) is 1.57. The summed E-state index contributed by atoms with van der Waals surface area (Å²) in [6.07, 6.45) is 1.27. The molecule has 27 heavy (non-hydrogen) atoms. The van der Waals surface area contributed by atoms with E-state index in [1.807, 2.05) is 6.92 Å². The molecule has 0 aliphatic carbocycles. The lowest BCUT2D eigenvalue weighted by molar-refractivity contribution is -0.116. The minimum atomic E-state index is -0.425. The van der Waals surface area contributed by atoms with E-state index in [0.29, 0.717) is 27.0 Å². The number of carbonyl (C=O) groups excluding carboxylic acids is 1. The monoisotopic (exact) mass is 425 g/mol. The average Bonchev–Trinajstić information content (AvgIpc) is 2.60. The molecular weight excluding hydrogens is 413 g/mol. The number of aryl methyl sites for hydroxylation is 1. The fourth-order valence-electron chi connectivity index (χ4n) is 2.58. The molecule has 3 aromatic rings. The number of rotatable bonds is 4. The second kappa shape index (κ2) is 7.76. The number of benzene rings is 2. The van der Waals surface area contributed by atoms with Gasteiger partial charge in [0.1, 0.15) is 12.3 Å². The van der Waals surface area contributed by atoms with Crippen molar-refractivity contribution in [2.24, 2.45) is 0 Å². The van der Waals surface area contributed by atoms with Crippen molar-refractivity contribution in [3.05, 3.63) is 61.6 Å². The van der Waals surface area contributed by atoms with Crippen LogP contribution in [0.15, 0.2) is 35.4 Å². The van der Waals surface area contributed by atoms with E-state index in [0.717, 1.165) is 5.56 Å². The van der Waals surface area contributed by atoms with Gasteiger partial charge in [0.05, 0.1) is 35.1 Å². The maximum Gasteiger partial charge on any atom is 0.261 e. The van der Waals surface area contributed by atoms with E-state index in [1.54, 1.807) is 12.1 Å². The van der Waals surface area contributed by atoms with Crippen molar-refractivity contribution in [1.82, 2.24) is 9.55 Å². The minimum absolute atomic E-state index is 0.239. The number of anilines is 1. The summed E-state index contributed by atoms with van der Waals surface area (Å²) in [5, 5.41) is 4.06. The second-order valence-corrected chi connectivity index (χ2v) is 7.06. The molecule has 0 atom stereocenters. The molecule has 0 unspecified atom stereocenters. The van der Waals surface area contributed by atoms with Gasteiger partial charge in [0, 0.05) is 16.1 Å². The zero-order valence-electron chi connectivity index (χ0n) is 14.3. The fourth-order valence-corrected chi connectivity index (χ4v) is 3.28. The summed E-state index contributed by atoms with van der Waals surface area (Å²) in [6, 6.07) is 6.28. The minimum Gasteiger partial charge on any atom is -0.495 e. The Balaban J connectivity index is 1.90. The summed E-state index contributed by atoms with van der Waals surface area (Å²) in [7, 11) is 1.47. The van der Waals surface area contributed by atoms with Crippen molar-refractivity contribution in [3.8, 4) is 5.75 Å². The van der Waals surface area contributed by atoms with Crippen LogP contribution in [-0.4, -0.2) is 22.6 Å². The van der Waals surface area contributed by atoms with E-state index in [1.165, 1.54) is 30.1 Å². The third kappa shape index (κ3) is 4.03. The van der Waals surface area contributed by atoms with Gasteiger partial charge >= 0.3 is 0 Å². The van der Waals surface area contributed by atoms with E-state index < -0.39 is 11.5 Å². The van der Waals surface area contributed by atoms with E-state index in [9.17, 15) is 9.59 Å². The molecule has 6 nitrogen and oxygen atoms in total. The predicted molar refractivity (Wildman–Crippen MR) is 107 cm³/mol. The number of amides is 1. The molecular formula is C18H14Cl3N3O3. The van der Waals surface area contributed by atoms with Crippen molar-refractivity contribution in [3.63, 3.8) is 0 Å². The zero-order chi connectivity index (χ0) is 19.7. The van der Waals surface area contributed by atoms with Gasteiger partial charge in [0.15, 0.2) is 0 Å². The Bertz CT molecular complexity index is 1110. The SMILES string of the molecule is COc1cc(Cl)c(C)cc1NC(=O)Cn1cnc2c(Cl)cc(Cl)cc2c1=O. The second-order valence-electron chi connectivity index (χ2n) is 5.81. The summed E-state index contributed by atoms with van der Waals surface area (Å²) in [4.78, 5) is 29.2. The lowest BCUT2D eigenvalue weighted by Gasteiger charge is -2.13. The van der Waals surface area contributed by atoms with Crippen molar-refractivity contribution >= 4 is 57.3 Å². The Hall–Kier alpha value is -2.28. The Morgan fingerprint density at radius 2 is 1.93 bits per heavy atom. The van der Waals surface area contributed by atoms with Crippen LogP contribution >= 0.6 is 34.8 Å². The van der Waals surface area contributed by atoms with Gasteiger partial charge in [0.2, 0.25) is 5.91 Å². The fraction of sp³-hybridized carbons (Fsp3) is 0.167. The third-order valence-electron chi connectivity index (χ3n) is 3.91. The quantitative estimate of drug-likeness (QED) is 0.674. The summed E-state index contributed by atoms with van der Waals surface area (Å²) in [5.41, 5.74) is 1.15. The molecule has 1 aromatic heterocycles. The lowest BCUT2D eigenvalue weighted by atomic mass is 10.2. The van der Waals surface area contributed by atoms with Crippen LogP contribution in [-0.2, 0) is 11.3 Å². The molecule has 1 heterocycles. The highest BCUT2D eigenvalue weighted by atomic mass is 35.5. The summed E-state index contributed by atoms with van der Waals surface area (Å²) >= 11 is 18.1. The van der Waals surface area contributed by atoms with Crippen LogP contribution in [0.4, 0.5) is 5.69 Å². The van der Waals surface area contributed by atoms with Gasteiger partial charge in [0.25, 0.3) is 5.56 Å². The molecule has 0 aliphatic heterocycles. The van der Waals surface area contributed by atoms with Gasteiger partial charge in [-0.1, -0.05) is 34.8 Å². The molecule has 0 saturated carbocycles. The first kappa shape index (κ1) is 19.5. The molecule has 2 aromatic carbocycles. The van der Waals surface area contributed by atoms with E-state index in [4.69, 9.17) is 39.5 Å². The molecule has 1 amide bonds. The number of ether oxygens (including phenoxy) is 1. The first-order chi connectivity index (χ1) is 12.8. The lowest BCUT2D eigenvalue weighted by Crippen LogP contribution is -2.28. The molecule has 0 spiro atoms. The number of hydrogen-bond acceptors (Lipinski definition) is 4. The van der Waals surface area contributed by atoms with Crippen LogP contribution < -0.4 is 15.6 Å². The highest BCUT2D eigenvalue weighted by molar-refractivity contribution is 6.38. The van der Waals surface area contributed by atoms with Crippen LogP contribution in [0.25, 0.3) is 10.9 Å². The molecule has 140 valence electrons. The highest BCUT2D eigenvalue weighted by Crippen LogP contribution is 2.31. The molecule has 0 radical (unpaired) electrons. The van der Waals surface area contributed by atoms with Gasteiger partial charge < -0.3 is 10.1 Å². The number of fused-ring (bicyclic) bond motifs is 1. The molecule has 1 N–H and O–H groups in total. The Morgan fingerprint density at radius 3 is 2.63 bits per heavy atom. The van der Waals surface area contributed by atoms with Gasteiger partial charge in [-0.25, -0.2) is 4.98 Å². The van der Waals surface area contributed by atoms with Gasteiger partial charge in [-0.2, -0.15) is 0 Å². The largest absolute Gasteiger partial charge is 0.495 e. The maximum absolute atomic E-state index is 12.6. The van der Waals surface area contributed by atoms with Crippen LogP contribution in [0.3, 0.4) is 0 Å². The number of carbonyl (C=O) groups is 1. The standard InChI is InChI=1S/C18H14Cl3N3O3/c1-9-3-14(15(27-2)6-12(9)20)23-16(25)7-24-8-22-17-11(18(24)26)4-10(19)5-13(17)21/h3-6,8H,7H2,1-2H3,(H,23,25). The Kier molecular flexibility index (Phi) is 5.60. The number of nitrogens with zero attached hydrogens (tertiary/aromatic N) is 2. The molecule has 0 aliphatic rings. The van der Waals surface area contributed by atoms with Crippen molar-refractivity contribution in [2.45, 2.75) is 13.5 Å². The van der Waals surface area contributed by atoms with Gasteiger partial charge in [-0.15, -0.1) is 0 Å². The van der Waals surface area contributed by atoms with Crippen LogP contribution in [0.1, 0.15) is 5.56 Å². The third-order valence-corrected chi connectivity index (χ3v) is 4.83. The number of halogens is 3. The molecule has 3 rings (SSSR count). The Labute approximate surface area is 169 Å². The number of hydrogen-bond donors (Lipinski definition) is 1. The molecule has 0 bridgehead atoms. The first-order valence-electron chi connectivity index (χ1n) is 7.78. The van der Waals surface area contributed by atoms with Crippen molar-refractivity contribution < 1.29 is 9.53 Å². The first-order valence-corrected chi connectivity index (χ1v) is 8.91. The summed E-state index contributed by atoms with van der Waals surface area (Å²) < 4.78 is 6.41. The molecule has 9 heteroatoms. The Morgan fingerprint density at radius 1 is 1.19 bits per heavy atom. The zero-order valence-corrected chi connectivity index (χ0v) is 16.6. The van der Waals surface area contributed by atoms with Crippen LogP contribution in [0.5, 0.6) is 5.75 Å². The van der Waals surface area contributed by atoms with E-state index >= 15 is 0 Å². The normalized spacial score (nSPS) is 10.9. The van der Waals surface area contributed by atoms with Crippen molar-refractivity contribution in [2.75, 3.05) is 12.4 Å². The topological polar surface area (TPSA) is 73.2 Å².